The lowest BCUT2D eigenvalue weighted by molar-refractivity contribution is 0.00356. The molecule has 4 aromatic rings. The van der Waals surface area contributed by atoms with E-state index in [0.717, 1.165) is 42.7 Å². The van der Waals surface area contributed by atoms with Crippen LogP contribution in [0, 0.1) is 11.6 Å². The molecule has 4 aromatic heterocycles. The van der Waals surface area contributed by atoms with Gasteiger partial charge in [-0.3, -0.25) is 14.2 Å². The van der Waals surface area contributed by atoms with E-state index in [1.807, 2.05) is 0 Å². The number of imidazole rings is 1. The summed E-state index contributed by atoms with van der Waals surface area (Å²) in [6.45, 7) is 1.09. The normalized spacial score (nSPS) is 15.2. The molecule has 1 unspecified atom stereocenters. The molecule has 7 nitrogen and oxygen atoms in total. The quantitative estimate of drug-likeness (QED) is 0.288. The molecular weight excluding hydrogens is 495 g/mol. The second-order valence-electron chi connectivity index (χ2n) is 8.49. The molecule has 37 heavy (non-hydrogen) atoms. The van der Waals surface area contributed by atoms with Crippen LogP contribution in [0.25, 0.3) is 27.9 Å². The molecule has 0 N–H and O–H groups in total. The SMILES string of the molecule is C.C.O=C(c1cc2c(cn1)c(-c1cnc3c(F)cc(F)cn13)nn2C(F)C(F)F)N1CCCCCCC1. The highest BCUT2D eigenvalue weighted by molar-refractivity contribution is 5.99. The number of likely N-dealkylation sites (tertiary alicyclic amines) is 1. The third-order valence-corrected chi connectivity index (χ3v) is 6.17. The van der Waals surface area contributed by atoms with Crippen LogP contribution in [-0.4, -0.2) is 54.5 Å². The van der Waals surface area contributed by atoms with Crippen molar-refractivity contribution < 1.29 is 26.7 Å². The van der Waals surface area contributed by atoms with Crippen molar-refractivity contribution in [3.05, 3.63) is 48.1 Å². The molecular formula is C25H29F5N6O. The van der Waals surface area contributed by atoms with Crippen LogP contribution in [0.2, 0.25) is 0 Å². The molecule has 1 aliphatic rings. The first-order chi connectivity index (χ1) is 16.8. The minimum Gasteiger partial charge on any atom is -0.337 e. The second kappa shape index (κ2) is 11.2. The predicted octanol–water partition coefficient (Wildman–Crippen LogP) is 6.44. The number of carbonyl (C=O) groups is 1. The van der Waals surface area contributed by atoms with Crippen LogP contribution in [0.15, 0.2) is 30.7 Å². The van der Waals surface area contributed by atoms with E-state index < -0.39 is 24.4 Å². The summed E-state index contributed by atoms with van der Waals surface area (Å²) >= 11 is 0. The molecule has 1 aliphatic heterocycles. The summed E-state index contributed by atoms with van der Waals surface area (Å²) in [4.78, 5) is 22.9. The summed E-state index contributed by atoms with van der Waals surface area (Å²) in [5, 5.41) is 4.12. The van der Waals surface area contributed by atoms with E-state index in [1.165, 1.54) is 18.5 Å². The molecule has 0 aromatic carbocycles. The fraction of sp³-hybridized carbons (Fsp3) is 0.440. The van der Waals surface area contributed by atoms with Gasteiger partial charge >= 0.3 is 0 Å². The first kappa shape index (κ1) is 28.0. The van der Waals surface area contributed by atoms with Crippen LogP contribution >= 0.6 is 0 Å². The summed E-state index contributed by atoms with van der Waals surface area (Å²) in [6, 6.07) is 1.88. The maximum absolute atomic E-state index is 14.6. The smallest absolute Gasteiger partial charge is 0.289 e. The van der Waals surface area contributed by atoms with Gasteiger partial charge in [-0.2, -0.15) is 5.10 Å². The van der Waals surface area contributed by atoms with Gasteiger partial charge in [0.1, 0.15) is 17.2 Å². The molecule has 200 valence electrons. The lowest BCUT2D eigenvalue weighted by Gasteiger charge is -2.24. The average molecular weight is 525 g/mol. The Morgan fingerprint density at radius 2 is 1.59 bits per heavy atom. The van der Waals surface area contributed by atoms with Crippen LogP contribution in [0.1, 0.15) is 63.7 Å². The summed E-state index contributed by atoms with van der Waals surface area (Å²) in [5.41, 5.74) is -0.342. The van der Waals surface area contributed by atoms with Gasteiger partial charge in [-0.25, -0.2) is 31.6 Å². The summed E-state index contributed by atoms with van der Waals surface area (Å²) in [7, 11) is 0. The number of amides is 1. The van der Waals surface area contributed by atoms with Gasteiger partial charge in [0.2, 0.25) is 0 Å². The van der Waals surface area contributed by atoms with Crippen LogP contribution in [0.5, 0.6) is 0 Å². The van der Waals surface area contributed by atoms with E-state index in [0.29, 0.717) is 23.8 Å². The number of nitrogens with zero attached hydrogens (tertiary/aromatic N) is 6. The zero-order chi connectivity index (χ0) is 24.7. The van der Waals surface area contributed by atoms with E-state index in [9.17, 15) is 26.7 Å². The number of hydrogen-bond acceptors (Lipinski definition) is 4. The molecule has 0 spiro atoms. The number of fused-ring (bicyclic) bond motifs is 2. The van der Waals surface area contributed by atoms with E-state index >= 15 is 0 Å². The second-order valence-corrected chi connectivity index (χ2v) is 8.49. The molecule has 12 heteroatoms. The number of aromatic nitrogens is 5. The molecule has 0 radical (unpaired) electrons. The fourth-order valence-corrected chi connectivity index (χ4v) is 4.44. The van der Waals surface area contributed by atoms with Gasteiger partial charge in [0.15, 0.2) is 11.5 Å². The van der Waals surface area contributed by atoms with Crippen molar-refractivity contribution in [1.29, 1.82) is 0 Å². The lowest BCUT2D eigenvalue weighted by atomic mass is 10.1. The molecule has 0 saturated carbocycles. The zero-order valence-electron chi connectivity index (χ0n) is 18.5. The Hall–Kier alpha value is -3.57. The largest absolute Gasteiger partial charge is 0.337 e. The van der Waals surface area contributed by atoms with Crippen molar-refractivity contribution >= 4 is 22.5 Å². The predicted molar refractivity (Wildman–Crippen MR) is 130 cm³/mol. The van der Waals surface area contributed by atoms with Crippen LogP contribution in [-0.2, 0) is 0 Å². The number of rotatable bonds is 4. The molecule has 0 bridgehead atoms. The summed E-state index contributed by atoms with van der Waals surface area (Å²) < 4.78 is 70.8. The highest BCUT2D eigenvalue weighted by Gasteiger charge is 2.29. The topological polar surface area (TPSA) is 68.3 Å². The van der Waals surface area contributed by atoms with Gasteiger partial charge in [-0.05, 0) is 18.9 Å². The minimum atomic E-state index is -3.40. The Labute approximate surface area is 210 Å². The average Bonchev–Trinajstić information content (AvgIpc) is 3.39. The van der Waals surface area contributed by atoms with Crippen LogP contribution < -0.4 is 0 Å². The monoisotopic (exact) mass is 524 g/mol. The lowest BCUT2D eigenvalue weighted by Crippen LogP contribution is -2.34. The maximum atomic E-state index is 14.6. The fourth-order valence-electron chi connectivity index (χ4n) is 4.44. The molecule has 0 aliphatic carbocycles. The van der Waals surface area contributed by atoms with Gasteiger partial charge in [0.05, 0.1) is 17.4 Å². The Morgan fingerprint density at radius 1 is 0.919 bits per heavy atom. The third kappa shape index (κ3) is 5.14. The molecule has 1 atom stereocenters. The van der Waals surface area contributed by atoms with Crippen molar-refractivity contribution in [1.82, 2.24) is 29.0 Å². The Balaban J connectivity index is 0.00000190. The van der Waals surface area contributed by atoms with Crippen molar-refractivity contribution in [2.45, 2.75) is 59.7 Å². The first-order valence-corrected chi connectivity index (χ1v) is 11.3. The van der Waals surface area contributed by atoms with Gasteiger partial charge in [-0.15, -0.1) is 0 Å². The standard InChI is InChI=1S/C23H21F5N6O.2CH4/c24-13-8-15(25)22-30-11-18(33(22)12-13)19-14-10-29-16(9-17(14)34(31-19)21(28)20(26)27)23(35)32-6-4-2-1-3-5-7-32;;/h8-12,20-21H,1-7H2;2*1H4. The molecule has 1 fully saturated rings. The Kier molecular flexibility index (Phi) is 8.49. The van der Waals surface area contributed by atoms with Gasteiger partial charge in [0, 0.05) is 36.9 Å². The minimum absolute atomic E-state index is 0. The van der Waals surface area contributed by atoms with E-state index in [-0.39, 0.29) is 54.4 Å². The molecule has 1 amide bonds. The summed E-state index contributed by atoms with van der Waals surface area (Å²) in [5.74, 6) is -2.21. The van der Waals surface area contributed by atoms with Crippen molar-refractivity contribution in [3.63, 3.8) is 0 Å². The third-order valence-electron chi connectivity index (χ3n) is 6.17. The van der Waals surface area contributed by atoms with Crippen LogP contribution in [0.3, 0.4) is 0 Å². The Morgan fingerprint density at radius 3 is 2.27 bits per heavy atom. The Bertz CT molecular complexity index is 1390. The zero-order valence-corrected chi connectivity index (χ0v) is 18.5. The van der Waals surface area contributed by atoms with Gasteiger partial charge < -0.3 is 4.90 Å². The van der Waals surface area contributed by atoms with Crippen LogP contribution in [0.4, 0.5) is 22.0 Å². The molecule has 5 heterocycles. The van der Waals surface area contributed by atoms with E-state index in [2.05, 4.69) is 15.1 Å². The van der Waals surface area contributed by atoms with Gasteiger partial charge in [-0.1, -0.05) is 34.1 Å². The number of alkyl halides is 3. The number of pyridine rings is 2. The number of carbonyl (C=O) groups excluding carboxylic acids is 1. The van der Waals surface area contributed by atoms with Crippen molar-refractivity contribution in [2.75, 3.05) is 13.1 Å². The highest BCUT2D eigenvalue weighted by Crippen LogP contribution is 2.33. The first-order valence-electron chi connectivity index (χ1n) is 11.3. The van der Waals surface area contributed by atoms with Crippen molar-refractivity contribution in [2.24, 2.45) is 0 Å². The number of halogens is 5. The molecule has 1 saturated heterocycles. The maximum Gasteiger partial charge on any atom is 0.289 e. The number of hydrogen-bond donors (Lipinski definition) is 0. The molecule has 5 rings (SSSR count). The van der Waals surface area contributed by atoms with Crippen molar-refractivity contribution in [3.8, 4) is 11.4 Å². The van der Waals surface area contributed by atoms with Gasteiger partial charge in [0.25, 0.3) is 18.6 Å². The van der Waals surface area contributed by atoms with E-state index in [1.54, 1.807) is 4.90 Å². The summed E-state index contributed by atoms with van der Waals surface area (Å²) in [6.07, 6.45) is 1.96. The highest BCUT2D eigenvalue weighted by atomic mass is 19.3. The van der Waals surface area contributed by atoms with E-state index in [4.69, 9.17) is 0 Å².